The fourth-order valence-corrected chi connectivity index (χ4v) is 4.68. The summed E-state index contributed by atoms with van der Waals surface area (Å²) < 4.78 is 6.09. The molecular formula is C31H36N4O8. The number of carbonyl (C=O) groups is 6. The van der Waals surface area contributed by atoms with E-state index in [4.69, 9.17) is 9.84 Å². The molecule has 0 aromatic heterocycles. The second-order valence-corrected chi connectivity index (χ2v) is 10.1. The maximum Gasteiger partial charge on any atom is 0.305 e. The summed E-state index contributed by atoms with van der Waals surface area (Å²) in [4.78, 5) is 74.5. The molecule has 3 rings (SSSR count). The van der Waals surface area contributed by atoms with Crippen LogP contribution in [0.25, 0.3) is 11.1 Å². The molecular weight excluding hydrogens is 556 g/mol. The zero-order valence-corrected chi connectivity index (χ0v) is 24.1. The van der Waals surface area contributed by atoms with Gasteiger partial charge in [-0.15, -0.1) is 0 Å². The third kappa shape index (κ3) is 9.25. The van der Waals surface area contributed by atoms with Crippen molar-refractivity contribution in [3.05, 3.63) is 66.7 Å². The van der Waals surface area contributed by atoms with Crippen LogP contribution in [0, 0.1) is 0 Å². The number of hydrogen-bond acceptors (Lipinski definition) is 7. The van der Waals surface area contributed by atoms with E-state index in [0.717, 1.165) is 11.1 Å². The number of aliphatic carboxylic acids is 1. The van der Waals surface area contributed by atoms with Crippen LogP contribution in [0.15, 0.2) is 66.7 Å². The number of likely N-dealkylation sites (tertiary alicyclic amines) is 1. The van der Waals surface area contributed by atoms with Crippen LogP contribution in [0.2, 0.25) is 0 Å². The Morgan fingerprint density at radius 3 is 2.28 bits per heavy atom. The minimum Gasteiger partial charge on any atom is -0.488 e. The SMILES string of the molecule is C=C(CC)[C@H](NC(C)=O)C(=O)NCC(=O)N1C[C@@H](Oc2ccc(-c3ccccc3)cc2)C[C@H]1C(=O)N[C@H](C=O)CC(=O)O. The highest BCUT2D eigenvalue weighted by molar-refractivity contribution is 5.94. The molecule has 1 saturated heterocycles. The molecule has 2 aromatic rings. The topological polar surface area (TPSA) is 171 Å². The summed E-state index contributed by atoms with van der Waals surface area (Å²) in [5.74, 6) is -3.17. The van der Waals surface area contributed by atoms with Gasteiger partial charge < -0.3 is 35.5 Å². The van der Waals surface area contributed by atoms with E-state index in [9.17, 15) is 28.8 Å². The van der Waals surface area contributed by atoms with Crippen LogP contribution in [0.4, 0.5) is 0 Å². The van der Waals surface area contributed by atoms with Crippen LogP contribution in [0.1, 0.15) is 33.1 Å². The van der Waals surface area contributed by atoms with Gasteiger partial charge in [-0.1, -0.05) is 56.0 Å². The molecule has 2 aromatic carbocycles. The van der Waals surface area contributed by atoms with E-state index in [1.165, 1.54) is 11.8 Å². The van der Waals surface area contributed by atoms with Gasteiger partial charge in [-0.3, -0.25) is 24.0 Å². The van der Waals surface area contributed by atoms with E-state index in [1.807, 2.05) is 42.5 Å². The summed E-state index contributed by atoms with van der Waals surface area (Å²) in [6.45, 7) is 6.35. The van der Waals surface area contributed by atoms with Gasteiger partial charge in [0, 0.05) is 13.3 Å². The van der Waals surface area contributed by atoms with Crippen LogP contribution in [-0.2, 0) is 28.8 Å². The first kappa shape index (κ1) is 32.5. The minimum absolute atomic E-state index is 0.00525. The fraction of sp³-hybridized carbons (Fsp3) is 0.355. The Morgan fingerprint density at radius 2 is 1.70 bits per heavy atom. The number of aldehydes is 1. The molecule has 1 aliphatic heterocycles. The first-order valence-electron chi connectivity index (χ1n) is 13.8. The maximum atomic E-state index is 13.3. The van der Waals surface area contributed by atoms with Crippen LogP contribution < -0.4 is 20.7 Å². The van der Waals surface area contributed by atoms with Gasteiger partial charge in [0.1, 0.15) is 30.2 Å². The molecule has 1 fully saturated rings. The molecule has 0 aliphatic carbocycles. The molecule has 12 heteroatoms. The smallest absolute Gasteiger partial charge is 0.305 e. The summed E-state index contributed by atoms with van der Waals surface area (Å²) in [6.07, 6.45) is -0.435. The summed E-state index contributed by atoms with van der Waals surface area (Å²) in [6, 6.07) is 13.7. The fourth-order valence-electron chi connectivity index (χ4n) is 4.68. The van der Waals surface area contributed by atoms with Crippen molar-refractivity contribution in [3.8, 4) is 16.9 Å². The molecule has 0 saturated carbocycles. The number of benzene rings is 2. The van der Waals surface area contributed by atoms with Gasteiger partial charge in [0.2, 0.25) is 23.6 Å². The molecule has 43 heavy (non-hydrogen) atoms. The monoisotopic (exact) mass is 592 g/mol. The molecule has 1 aliphatic rings. The van der Waals surface area contributed by atoms with Crippen molar-refractivity contribution in [1.29, 1.82) is 0 Å². The number of nitrogens with one attached hydrogen (secondary N) is 3. The van der Waals surface area contributed by atoms with E-state index in [0.29, 0.717) is 24.0 Å². The Bertz CT molecular complexity index is 1350. The first-order valence-corrected chi connectivity index (χ1v) is 13.8. The molecule has 0 spiro atoms. The lowest BCUT2D eigenvalue weighted by Gasteiger charge is -2.25. The third-order valence-corrected chi connectivity index (χ3v) is 6.92. The van der Waals surface area contributed by atoms with E-state index in [1.54, 1.807) is 19.1 Å². The zero-order chi connectivity index (χ0) is 31.5. The Hall–Kier alpha value is -5.00. The van der Waals surface area contributed by atoms with E-state index < -0.39 is 66.8 Å². The van der Waals surface area contributed by atoms with Gasteiger partial charge in [-0.25, -0.2) is 0 Å². The summed E-state index contributed by atoms with van der Waals surface area (Å²) in [7, 11) is 0. The highest BCUT2D eigenvalue weighted by Crippen LogP contribution is 2.26. The van der Waals surface area contributed by atoms with Crippen molar-refractivity contribution in [2.45, 2.75) is 57.3 Å². The first-order chi connectivity index (χ1) is 20.5. The Labute approximate surface area is 249 Å². The number of nitrogens with zero attached hydrogens (tertiary/aromatic N) is 1. The third-order valence-electron chi connectivity index (χ3n) is 6.92. The average Bonchev–Trinajstić information content (AvgIpc) is 3.42. The normalized spacial score (nSPS) is 17.2. The predicted molar refractivity (Wildman–Crippen MR) is 157 cm³/mol. The lowest BCUT2D eigenvalue weighted by atomic mass is 10.1. The van der Waals surface area contributed by atoms with Gasteiger partial charge in [0.15, 0.2) is 0 Å². The summed E-state index contributed by atoms with van der Waals surface area (Å²) in [5.41, 5.74) is 2.45. The number of ether oxygens (including phenoxy) is 1. The maximum absolute atomic E-state index is 13.3. The van der Waals surface area contributed by atoms with Gasteiger partial charge in [-0.05, 0) is 35.3 Å². The van der Waals surface area contributed by atoms with Crippen molar-refractivity contribution >= 4 is 35.9 Å². The number of rotatable bonds is 14. The molecule has 0 unspecified atom stereocenters. The Morgan fingerprint density at radius 1 is 1.05 bits per heavy atom. The molecule has 1 heterocycles. The lowest BCUT2D eigenvalue weighted by molar-refractivity contribution is -0.141. The number of hydrogen-bond donors (Lipinski definition) is 4. The summed E-state index contributed by atoms with van der Waals surface area (Å²) >= 11 is 0. The van der Waals surface area contributed by atoms with Crippen molar-refractivity contribution < 1.29 is 38.6 Å². The van der Waals surface area contributed by atoms with Crippen LogP contribution in [0.3, 0.4) is 0 Å². The largest absolute Gasteiger partial charge is 0.488 e. The average molecular weight is 593 g/mol. The van der Waals surface area contributed by atoms with Crippen LogP contribution in [-0.4, -0.2) is 83.2 Å². The van der Waals surface area contributed by atoms with Crippen molar-refractivity contribution in [2.24, 2.45) is 0 Å². The highest BCUT2D eigenvalue weighted by Gasteiger charge is 2.41. The van der Waals surface area contributed by atoms with E-state index >= 15 is 0 Å². The van der Waals surface area contributed by atoms with Gasteiger partial charge >= 0.3 is 5.97 Å². The standard InChI is InChI=1S/C31H36N4O8/c1-4-19(2)29(33-20(3)37)31(42)32-16-27(38)35-17-25(15-26(35)30(41)34-23(18-36)14-28(39)40)43-24-12-10-22(11-13-24)21-8-6-5-7-9-21/h5-13,18,23,25-26,29H,2,4,14-17H2,1,3H3,(H,32,42)(H,33,37)(H,34,41)(H,39,40)/t23-,25-,26-,29-/m0/s1. The molecule has 12 nitrogen and oxygen atoms in total. The molecule has 228 valence electrons. The lowest BCUT2D eigenvalue weighted by Crippen LogP contribution is -2.53. The molecule has 0 bridgehead atoms. The highest BCUT2D eigenvalue weighted by atomic mass is 16.5. The van der Waals surface area contributed by atoms with Gasteiger partial charge in [0.05, 0.1) is 25.6 Å². The number of carboxylic acids is 1. The van der Waals surface area contributed by atoms with Crippen molar-refractivity contribution in [1.82, 2.24) is 20.9 Å². The molecule has 4 atom stereocenters. The minimum atomic E-state index is -1.29. The molecule has 0 radical (unpaired) electrons. The Balaban J connectivity index is 1.74. The molecule has 4 amide bonds. The Kier molecular flexibility index (Phi) is 11.6. The van der Waals surface area contributed by atoms with Crippen LogP contribution >= 0.6 is 0 Å². The second kappa shape index (κ2) is 15.3. The van der Waals surface area contributed by atoms with Gasteiger partial charge in [-0.2, -0.15) is 0 Å². The predicted octanol–water partition coefficient (Wildman–Crippen LogP) is 1.45. The van der Waals surface area contributed by atoms with E-state index in [2.05, 4.69) is 22.5 Å². The van der Waals surface area contributed by atoms with Crippen LogP contribution in [0.5, 0.6) is 5.75 Å². The number of carbonyl (C=O) groups excluding carboxylic acids is 5. The van der Waals surface area contributed by atoms with Gasteiger partial charge in [0.25, 0.3) is 0 Å². The quantitative estimate of drug-likeness (QED) is 0.189. The zero-order valence-electron chi connectivity index (χ0n) is 24.1. The van der Waals surface area contributed by atoms with Crippen molar-refractivity contribution in [2.75, 3.05) is 13.1 Å². The summed E-state index contributed by atoms with van der Waals surface area (Å²) in [5, 5.41) is 16.4. The second-order valence-electron chi connectivity index (χ2n) is 10.1. The van der Waals surface area contributed by atoms with Crippen molar-refractivity contribution in [3.63, 3.8) is 0 Å². The van der Waals surface area contributed by atoms with E-state index in [-0.39, 0.29) is 13.0 Å². The molecule has 4 N–H and O–H groups in total. The number of amides is 4. The number of carboxylic acid groups (broad SMARTS) is 1.